The third-order valence-corrected chi connectivity index (χ3v) is 2.33. The zero-order valence-electron chi connectivity index (χ0n) is 7.17. The summed E-state index contributed by atoms with van der Waals surface area (Å²) in [5.74, 6) is 0.694. The molecule has 1 aromatic rings. The maximum Gasteiger partial charge on any atom is 0.125 e. The molecule has 0 amide bonds. The van der Waals surface area contributed by atoms with Crippen molar-refractivity contribution < 1.29 is 0 Å². The lowest BCUT2D eigenvalue weighted by molar-refractivity contribution is 0.928. The molecule has 0 fully saturated rings. The fourth-order valence-corrected chi connectivity index (χ4v) is 1.65. The second-order valence-electron chi connectivity index (χ2n) is 3.12. The zero-order valence-corrected chi connectivity index (χ0v) is 7.17. The van der Waals surface area contributed by atoms with E-state index < -0.39 is 0 Å². The Kier molecular flexibility index (Phi) is 1.61. The fourth-order valence-electron chi connectivity index (χ4n) is 1.65. The molecule has 0 bridgehead atoms. The number of fused-ring (bicyclic) bond motifs is 1. The lowest BCUT2D eigenvalue weighted by atomic mass is 9.96. The van der Waals surface area contributed by atoms with Gasteiger partial charge in [0.05, 0.1) is 0 Å². The second kappa shape index (κ2) is 2.63. The van der Waals surface area contributed by atoms with Crippen LogP contribution >= 0.6 is 0 Å². The van der Waals surface area contributed by atoms with Gasteiger partial charge in [-0.2, -0.15) is 0 Å². The van der Waals surface area contributed by atoms with Crippen molar-refractivity contribution in [1.29, 1.82) is 0 Å². The van der Waals surface area contributed by atoms with Gasteiger partial charge in [-0.3, -0.25) is 4.99 Å². The van der Waals surface area contributed by atoms with Gasteiger partial charge in [0.2, 0.25) is 0 Å². The Morgan fingerprint density at radius 3 is 3.00 bits per heavy atom. The summed E-state index contributed by atoms with van der Waals surface area (Å²) in [4.78, 5) is 4.21. The van der Waals surface area contributed by atoms with Gasteiger partial charge in [0.1, 0.15) is 5.84 Å². The number of nitrogens with two attached hydrogens (primary N) is 1. The number of benzene rings is 1. The van der Waals surface area contributed by atoms with Gasteiger partial charge < -0.3 is 5.73 Å². The standard InChI is InChI=1S/C10H12N2/c1-7-3-2-4-9-8(7)5-6-12-10(9)11/h2-4H,5-6H2,1H3,(H2,11,12). The highest BCUT2D eigenvalue weighted by Gasteiger charge is 2.11. The van der Waals surface area contributed by atoms with E-state index in [1.54, 1.807) is 0 Å². The lowest BCUT2D eigenvalue weighted by Crippen LogP contribution is -2.21. The molecule has 0 aliphatic carbocycles. The number of nitrogens with zero attached hydrogens (tertiary/aromatic N) is 1. The minimum absolute atomic E-state index is 0.694. The third-order valence-electron chi connectivity index (χ3n) is 2.33. The number of hydrogen-bond donors (Lipinski definition) is 1. The summed E-state index contributed by atoms with van der Waals surface area (Å²) < 4.78 is 0. The van der Waals surface area contributed by atoms with Crippen LogP contribution in [0.1, 0.15) is 16.7 Å². The van der Waals surface area contributed by atoms with Crippen molar-refractivity contribution in [3.05, 3.63) is 34.9 Å². The molecule has 0 saturated heterocycles. The van der Waals surface area contributed by atoms with Gasteiger partial charge in [0.25, 0.3) is 0 Å². The topological polar surface area (TPSA) is 38.4 Å². The van der Waals surface area contributed by atoms with E-state index in [1.165, 1.54) is 11.1 Å². The lowest BCUT2D eigenvalue weighted by Gasteiger charge is -2.15. The van der Waals surface area contributed by atoms with E-state index in [-0.39, 0.29) is 0 Å². The van der Waals surface area contributed by atoms with Crippen molar-refractivity contribution in [3.63, 3.8) is 0 Å². The van der Waals surface area contributed by atoms with E-state index in [2.05, 4.69) is 18.0 Å². The van der Waals surface area contributed by atoms with Crippen LogP contribution in [0.2, 0.25) is 0 Å². The highest BCUT2D eigenvalue weighted by Crippen LogP contribution is 2.17. The first-order valence-corrected chi connectivity index (χ1v) is 4.18. The number of aryl methyl sites for hydroxylation is 1. The molecule has 0 spiro atoms. The number of hydrogen-bond acceptors (Lipinski definition) is 2. The summed E-state index contributed by atoms with van der Waals surface area (Å²) in [6, 6.07) is 6.19. The van der Waals surface area contributed by atoms with Crippen LogP contribution in [0.3, 0.4) is 0 Å². The molecule has 1 heterocycles. The molecule has 2 N–H and O–H groups in total. The Bertz CT molecular complexity index is 340. The first-order valence-electron chi connectivity index (χ1n) is 4.18. The van der Waals surface area contributed by atoms with E-state index in [4.69, 9.17) is 5.73 Å². The van der Waals surface area contributed by atoms with Gasteiger partial charge in [-0.15, -0.1) is 0 Å². The minimum Gasteiger partial charge on any atom is -0.383 e. The molecule has 2 rings (SSSR count). The van der Waals surface area contributed by atoms with Crippen molar-refractivity contribution in [2.45, 2.75) is 13.3 Å². The molecule has 0 radical (unpaired) electrons. The summed E-state index contributed by atoms with van der Waals surface area (Å²) in [6.45, 7) is 2.96. The highest BCUT2D eigenvalue weighted by atomic mass is 14.9. The molecule has 1 aromatic carbocycles. The van der Waals surface area contributed by atoms with E-state index in [0.29, 0.717) is 5.84 Å². The van der Waals surface area contributed by atoms with Crippen molar-refractivity contribution in [3.8, 4) is 0 Å². The van der Waals surface area contributed by atoms with Crippen LogP contribution in [0.4, 0.5) is 0 Å². The summed E-state index contributed by atoms with van der Waals surface area (Å²) in [5, 5.41) is 0. The molecule has 0 aromatic heterocycles. The molecule has 2 nitrogen and oxygen atoms in total. The van der Waals surface area contributed by atoms with Gasteiger partial charge in [0.15, 0.2) is 0 Å². The van der Waals surface area contributed by atoms with E-state index in [1.807, 2.05) is 12.1 Å². The Morgan fingerprint density at radius 2 is 2.25 bits per heavy atom. The smallest absolute Gasteiger partial charge is 0.125 e. The number of rotatable bonds is 0. The van der Waals surface area contributed by atoms with Crippen LogP contribution in [-0.4, -0.2) is 12.4 Å². The van der Waals surface area contributed by atoms with Crippen molar-refractivity contribution in [2.75, 3.05) is 6.54 Å². The molecule has 0 unspecified atom stereocenters. The molecule has 1 aliphatic heterocycles. The normalized spacial score (nSPS) is 15.2. The SMILES string of the molecule is Cc1cccc2c1CCN=C2N. The number of aliphatic imine (C=N–C) groups is 1. The second-order valence-corrected chi connectivity index (χ2v) is 3.12. The summed E-state index contributed by atoms with van der Waals surface area (Å²) in [5.41, 5.74) is 9.58. The van der Waals surface area contributed by atoms with E-state index in [9.17, 15) is 0 Å². The van der Waals surface area contributed by atoms with Crippen LogP contribution in [0.5, 0.6) is 0 Å². The van der Waals surface area contributed by atoms with Crippen molar-refractivity contribution in [2.24, 2.45) is 10.7 Å². The Morgan fingerprint density at radius 1 is 1.42 bits per heavy atom. The van der Waals surface area contributed by atoms with Gasteiger partial charge in [-0.05, 0) is 24.5 Å². The zero-order chi connectivity index (χ0) is 8.55. The minimum atomic E-state index is 0.694. The highest BCUT2D eigenvalue weighted by molar-refractivity contribution is 5.99. The summed E-state index contributed by atoms with van der Waals surface area (Å²) >= 11 is 0. The average molecular weight is 160 g/mol. The van der Waals surface area contributed by atoms with Gasteiger partial charge in [-0.25, -0.2) is 0 Å². The molecular weight excluding hydrogens is 148 g/mol. The first kappa shape index (κ1) is 7.35. The van der Waals surface area contributed by atoms with Crippen LogP contribution < -0.4 is 5.73 Å². The molecule has 1 aliphatic rings. The van der Waals surface area contributed by atoms with Gasteiger partial charge in [-0.1, -0.05) is 18.2 Å². The quantitative estimate of drug-likeness (QED) is 0.609. The monoisotopic (exact) mass is 160 g/mol. The third kappa shape index (κ3) is 0.998. The average Bonchev–Trinajstić information content (AvgIpc) is 2.07. The van der Waals surface area contributed by atoms with Crippen LogP contribution in [0.15, 0.2) is 23.2 Å². The molecule has 0 saturated carbocycles. The molecule has 0 atom stereocenters. The maximum atomic E-state index is 5.77. The maximum absolute atomic E-state index is 5.77. The van der Waals surface area contributed by atoms with Crippen molar-refractivity contribution in [1.82, 2.24) is 0 Å². The predicted molar refractivity (Wildman–Crippen MR) is 50.5 cm³/mol. The predicted octanol–water partition coefficient (Wildman–Crippen LogP) is 1.26. The fraction of sp³-hybridized carbons (Fsp3) is 0.300. The molecular formula is C10H12N2. The van der Waals surface area contributed by atoms with Crippen LogP contribution in [0.25, 0.3) is 0 Å². The van der Waals surface area contributed by atoms with Gasteiger partial charge in [0, 0.05) is 12.1 Å². The number of amidine groups is 1. The van der Waals surface area contributed by atoms with Crippen molar-refractivity contribution >= 4 is 5.84 Å². The first-order chi connectivity index (χ1) is 5.79. The van der Waals surface area contributed by atoms with Crippen LogP contribution in [-0.2, 0) is 6.42 Å². The van der Waals surface area contributed by atoms with E-state index >= 15 is 0 Å². The Balaban J connectivity index is 2.62. The molecule has 12 heavy (non-hydrogen) atoms. The van der Waals surface area contributed by atoms with Gasteiger partial charge >= 0.3 is 0 Å². The van der Waals surface area contributed by atoms with E-state index in [0.717, 1.165) is 18.5 Å². The Labute approximate surface area is 72.1 Å². The Hall–Kier alpha value is -1.31. The molecule has 2 heteroatoms. The van der Waals surface area contributed by atoms with Crippen LogP contribution in [0, 0.1) is 6.92 Å². The largest absolute Gasteiger partial charge is 0.383 e. The molecule has 62 valence electrons. The summed E-state index contributed by atoms with van der Waals surface area (Å²) in [6.07, 6.45) is 1.03. The summed E-state index contributed by atoms with van der Waals surface area (Å²) in [7, 11) is 0.